The monoisotopic (exact) mass is 366 g/mol. The Morgan fingerprint density at radius 3 is 1.35 bits per heavy atom. The predicted molar refractivity (Wildman–Crippen MR) is 96.0 cm³/mol. The van der Waals surface area contributed by atoms with Crippen LogP contribution >= 0.6 is 16.4 Å². The molecule has 0 aliphatic heterocycles. The van der Waals surface area contributed by atoms with Gasteiger partial charge in [0.25, 0.3) is 0 Å². The van der Waals surface area contributed by atoms with Crippen LogP contribution in [0.4, 0.5) is 0 Å². The number of nitrogens with zero attached hydrogens (tertiary/aromatic N) is 1. The van der Waals surface area contributed by atoms with Crippen LogP contribution in [-0.2, 0) is 18.2 Å². The summed E-state index contributed by atoms with van der Waals surface area (Å²) >= 11 is 0. The lowest BCUT2D eigenvalue weighted by atomic mass is 10.1. The molecule has 5 nitrogen and oxygen atoms in total. The Labute approximate surface area is 144 Å². The van der Waals surface area contributed by atoms with Crippen molar-refractivity contribution < 1.29 is 18.2 Å². The highest BCUT2D eigenvalue weighted by Gasteiger charge is 2.11. The average molecular weight is 366 g/mol. The van der Waals surface area contributed by atoms with Crippen LogP contribution in [0.5, 0.6) is 0 Å². The van der Waals surface area contributed by atoms with Gasteiger partial charge >= 0.3 is 16.4 Å². The number of hydrogen-bond acceptors (Lipinski definition) is 4. The van der Waals surface area contributed by atoms with Crippen molar-refractivity contribution in [3.63, 3.8) is 0 Å². The highest BCUT2D eigenvalue weighted by atomic mass is 31.2. The van der Waals surface area contributed by atoms with Crippen LogP contribution in [0.1, 0.15) is 90.9 Å². The van der Waals surface area contributed by atoms with Crippen molar-refractivity contribution in [3.8, 4) is 0 Å². The van der Waals surface area contributed by atoms with E-state index < -0.39 is 16.4 Å². The first kappa shape index (κ1) is 23.1. The molecule has 0 amide bonds. The van der Waals surface area contributed by atoms with E-state index in [0.717, 1.165) is 25.7 Å². The van der Waals surface area contributed by atoms with Crippen LogP contribution in [0.3, 0.4) is 0 Å². The molecule has 0 aromatic carbocycles. The summed E-state index contributed by atoms with van der Waals surface area (Å²) in [6, 6.07) is 0. The second-order valence-electron chi connectivity index (χ2n) is 5.77. The third kappa shape index (κ3) is 18.3. The van der Waals surface area contributed by atoms with Gasteiger partial charge in [0.05, 0.1) is 13.2 Å². The van der Waals surface area contributed by atoms with Crippen LogP contribution in [0.2, 0.25) is 0 Å². The minimum absolute atomic E-state index is 0.408. The topological polar surface area (TPSA) is 66.7 Å². The van der Waals surface area contributed by atoms with E-state index in [-0.39, 0.29) is 0 Å². The quantitative estimate of drug-likeness (QED) is 0.201. The summed E-state index contributed by atoms with van der Waals surface area (Å²) in [5.74, 6) is 0. The van der Waals surface area contributed by atoms with Gasteiger partial charge in [0, 0.05) is 0 Å². The van der Waals surface area contributed by atoms with Gasteiger partial charge in [-0.15, -0.1) is 0 Å². The fourth-order valence-electron chi connectivity index (χ4n) is 2.16. The molecule has 7 heteroatoms. The molecule has 0 bridgehead atoms. The van der Waals surface area contributed by atoms with Crippen LogP contribution < -0.4 is 4.86 Å². The van der Waals surface area contributed by atoms with Gasteiger partial charge in [0.2, 0.25) is 0 Å². The van der Waals surface area contributed by atoms with Crippen molar-refractivity contribution in [2.24, 2.45) is 0 Å². The molecule has 0 heterocycles. The van der Waals surface area contributed by atoms with E-state index >= 15 is 0 Å². The Morgan fingerprint density at radius 2 is 0.957 bits per heavy atom. The largest absolute Gasteiger partial charge is 0.326 e. The maximum Gasteiger partial charge on any atom is 0.326 e. The van der Waals surface area contributed by atoms with Gasteiger partial charge in [-0.05, 0) is 17.7 Å². The van der Waals surface area contributed by atoms with Crippen molar-refractivity contribution >= 4 is 16.4 Å². The van der Waals surface area contributed by atoms with Gasteiger partial charge in [0.15, 0.2) is 0 Å². The Bertz CT molecular complexity index is 276. The Kier molecular flexibility index (Phi) is 18.5. The van der Waals surface area contributed by atoms with Crippen LogP contribution in [0, 0.1) is 0 Å². The van der Waals surface area contributed by atoms with Crippen LogP contribution in [-0.4, -0.2) is 13.2 Å². The van der Waals surface area contributed by atoms with Crippen molar-refractivity contribution in [1.82, 2.24) is 4.86 Å². The summed E-state index contributed by atoms with van der Waals surface area (Å²) in [7, 11) is -4.43. The molecular formula is C16H34NO4P2. The lowest BCUT2D eigenvalue weighted by molar-refractivity contribution is 0.300. The zero-order valence-corrected chi connectivity index (χ0v) is 16.7. The van der Waals surface area contributed by atoms with E-state index in [9.17, 15) is 9.13 Å². The summed E-state index contributed by atoms with van der Waals surface area (Å²) in [6.45, 7) is 5.19. The zero-order chi connectivity index (χ0) is 17.2. The first-order valence-electron chi connectivity index (χ1n) is 9.12. The van der Waals surface area contributed by atoms with E-state index in [2.05, 4.69) is 18.7 Å². The van der Waals surface area contributed by atoms with Crippen LogP contribution in [0.25, 0.3) is 0 Å². The fourth-order valence-corrected chi connectivity index (χ4v) is 3.62. The molecule has 0 aliphatic rings. The molecule has 137 valence electrons. The minimum Gasteiger partial charge on any atom is -0.291 e. The lowest BCUT2D eigenvalue weighted by Crippen LogP contribution is -1.94. The molecular weight excluding hydrogens is 332 g/mol. The van der Waals surface area contributed by atoms with Gasteiger partial charge in [-0.25, -0.2) is 9.13 Å². The van der Waals surface area contributed by atoms with E-state index in [4.69, 9.17) is 9.05 Å². The van der Waals surface area contributed by atoms with E-state index in [1.165, 1.54) is 51.4 Å². The number of unbranched alkanes of at least 4 members (excludes halogenated alkanes) is 10. The van der Waals surface area contributed by atoms with Gasteiger partial charge < -0.3 is 0 Å². The van der Waals surface area contributed by atoms with Crippen molar-refractivity contribution in [1.29, 1.82) is 0 Å². The molecule has 0 fully saturated rings. The van der Waals surface area contributed by atoms with Crippen LogP contribution in [0.15, 0.2) is 0 Å². The lowest BCUT2D eigenvalue weighted by Gasteiger charge is -2.04. The first-order chi connectivity index (χ1) is 11.2. The van der Waals surface area contributed by atoms with E-state index in [0.29, 0.717) is 13.2 Å². The molecule has 0 saturated heterocycles. The molecule has 2 atom stereocenters. The second-order valence-corrected chi connectivity index (χ2v) is 7.95. The summed E-state index contributed by atoms with van der Waals surface area (Å²) in [4.78, 5) is 3.55. The van der Waals surface area contributed by atoms with Gasteiger partial charge in [0.1, 0.15) is 0 Å². The highest BCUT2D eigenvalue weighted by Crippen LogP contribution is 2.33. The molecule has 0 aromatic rings. The summed E-state index contributed by atoms with van der Waals surface area (Å²) in [5, 5.41) is 0. The minimum atomic E-state index is -2.21. The molecule has 23 heavy (non-hydrogen) atoms. The Morgan fingerprint density at radius 1 is 0.609 bits per heavy atom. The van der Waals surface area contributed by atoms with Gasteiger partial charge in [-0.2, -0.15) is 0 Å². The molecule has 2 unspecified atom stereocenters. The summed E-state index contributed by atoms with van der Waals surface area (Å²) < 4.78 is 33.1. The third-order valence-electron chi connectivity index (χ3n) is 3.55. The molecule has 3 radical (unpaired) electrons. The average Bonchev–Trinajstić information content (AvgIpc) is 2.53. The van der Waals surface area contributed by atoms with E-state index in [1.54, 1.807) is 0 Å². The Hall–Kier alpha value is 0.0800. The van der Waals surface area contributed by atoms with Crippen molar-refractivity contribution in [3.05, 3.63) is 0 Å². The van der Waals surface area contributed by atoms with Gasteiger partial charge in [-0.1, -0.05) is 78.1 Å². The molecule has 0 rings (SSSR count). The number of hydrogen-bond donors (Lipinski definition) is 0. The molecule has 0 N–H and O–H groups in total. The molecule has 0 aromatic heterocycles. The zero-order valence-electron chi connectivity index (χ0n) is 14.9. The normalized spacial score (nSPS) is 12.4. The molecule has 0 spiro atoms. The summed E-state index contributed by atoms with van der Waals surface area (Å²) in [6.07, 6.45) is 13.7. The predicted octanol–water partition coefficient (Wildman–Crippen LogP) is 6.66. The molecule has 0 aliphatic carbocycles. The van der Waals surface area contributed by atoms with Gasteiger partial charge in [-0.3, -0.25) is 9.05 Å². The van der Waals surface area contributed by atoms with E-state index in [1.807, 2.05) is 0 Å². The maximum atomic E-state index is 11.5. The number of rotatable bonds is 18. The van der Waals surface area contributed by atoms with Crippen molar-refractivity contribution in [2.45, 2.75) is 90.9 Å². The fraction of sp³-hybridized carbons (Fsp3) is 1.00. The second kappa shape index (κ2) is 18.4. The summed E-state index contributed by atoms with van der Waals surface area (Å²) in [5.41, 5.74) is 0. The highest BCUT2D eigenvalue weighted by molar-refractivity contribution is 7.53. The SMILES string of the molecule is CCCCCCCCO[P](=O)[N][P](=O)OCCCCCCCC. The Balaban J connectivity index is 3.36. The standard InChI is InChI=1S/C16H34NO4P2/c1-3-5-7-9-11-13-15-20-22(18)17-23(19)21-16-14-12-10-8-6-4-2/h3-16H2,1-2H3. The smallest absolute Gasteiger partial charge is 0.291 e. The van der Waals surface area contributed by atoms with Crippen molar-refractivity contribution in [2.75, 3.05) is 13.2 Å². The maximum absolute atomic E-state index is 11.5. The molecule has 0 saturated carbocycles. The first-order valence-corrected chi connectivity index (χ1v) is 11.4. The third-order valence-corrected chi connectivity index (χ3v) is 5.52.